The molecule has 1 N–H and O–H groups in total. The molecule has 27 heavy (non-hydrogen) atoms. The summed E-state index contributed by atoms with van der Waals surface area (Å²) in [4.78, 5) is 31.2. The fourth-order valence-electron chi connectivity index (χ4n) is 2.07. The first-order valence-electron chi connectivity index (χ1n) is 7.84. The minimum absolute atomic E-state index is 0.157. The van der Waals surface area contributed by atoms with Crippen molar-refractivity contribution >= 4 is 21.8 Å². The molecule has 0 saturated carbocycles. The average Bonchev–Trinajstić information content (AvgIpc) is 2.60. The number of sulfone groups is 1. The third-order valence-electron chi connectivity index (χ3n) is 3.43. The van der Waals surface area contributed by atoms with Gasteiger partial charge in [-0.1, -0.05) is 17.7 Å². The fourth-order valence-corrected chi connectivity index (χ4v) is 3.16. The topological polar surface area (TPSA) is 116 Å². The van der Waals surface area contributed by atoms with E-state index in [4.69, 9.17) is 14.7 Å². The molecule has 0 heterocycles. The number of carbonyl (C=O) groups excluding carboxylic acids is 1. The number of benzene rings is 2. The van der Waals surface area contributed by atoms with E-state index in [1.165, 1.54) is 30.3 Å². The van der Waals surface area contributed by atoms with Gasteiger partial charge in [-0.25, -0.2) is 18.0 Å². The number of aromatic carboxylic acids is 1. The highest BCUT2D eigenvalue weighted by Crippen LogP contribution is 2.25. The van der Waals surface area contributed by atoms with Crippen molar-refractivity contribution in [1.29, 1.82) is 0 Å². The molecule has 0 amide bonds. The minimum atomic E-state index is -3.52. The quantitative estimate of drug-likeness (QED) is 0.536. The predicted molar refractivity (Wildman–Crippen MR) is 94.5 cm³/mol. The molecule has 0 saturated heterocycles. The molecule has 9 heteroatoms. The van der Waals surface area contributed by atoms with Crippen LogP contribution in [0.4, 0.5) is 0 Å². The largest absolute Gasteiger partial charge is 0.492 e. The molecule has 2 aromatic rings. The lowest BCUT2D eigenvalue weighted by molar-refractivity contribution is -0.211. The number of carboxylic acid groups (broad SMARTS) is 1. The van der Waals surface area contributed by atoms with Crippen LogP contribution < -0.4 is 9.62 Å². The van der Waals surface area contributed by atoms with Crippen LogP contribution in [0.5, 0.6) is 11.5 Å². The molecule has 0 atom stereocenters. The third-order valence-corrected chi connectivity index (χ3v) is 5.13. The summed E-state index contributed by atoms with van der Waals surface area (Å²) in [6.45, 7) is 2.79. The summed E-state index contributed by atoms with van der Waals surface area (Å²) in [6.07, 6.45) is 0. The molecule has 2 rings (SSSR count). The third kappa shape index (κ3) is 5.71. The predicted octanol–water partition coefficient (Wildman–Crippen LogP) is 2.40. The average molecular weight is 394 g/mol. The van der Waals surface area contributed by atoms with Crippen molar-refractivity contribution in [2.45, 2.75) is 18.7 Å². The van der Waals surface area contributed by atoms with Crippen molar-refractivity contribution in [3.05, 3.63) is 53.6 Å². The molecule has 0 aromatic heterocycles. The van der Waals surface area contributed by atoms with E-state index in [0.717, 1.165) is 12.5 Å². The molecule has 0 spiro atoms. The van der Waals surface area contributed by atoms with Crippen LogP contribution in [-0.2, 0) is 19.5 Å². The molecule has 0 aliphatic carbocycles. The van der Waals surface area contributed by atoms with Gasteiger partial charge in [0.25, 0.3) is 0 Å². The maximum absolute atomic E-state index is 12.3. The summed E-state index contributed by atoms with van der Waals surface area (Å²) in [6, 6.07) is 10.2. The van der Waals surface area contributed by atoms with Gasteiger partial charge in [0.2, 0.25) is 0 Å². The normalized spacial score (nSPS) is 10.9. The van der Waals surface area contributed by atoms with E-state index in [0.29, 0.717) is 0 Å². The zero-order valence-electron chi connectivity index (χ0n) is 14.7. The zero-order valence-corrected chi connectivity index (χ0v) is 15.5. The monoisotopic (exact) mass is 394 g/mol. The maximum atomic E-state index is 12.3. The Morgan fingerprint density at radius 2 is 1.74 bits per heavy atom. The van der Waals surface area contributed by atoms with Gasteiger partial charge in [0.05, 0.1) is 10.6 Å². The van der Waals surface area contributed by atoms with E-state index in [-0.39, 0.29) is 34.3 Å². The Kier molecular flexibility index (Phi) is 6.40. The van der Waals surface area contributed by atoms with Gasteiger partial charge in [0, 0.05) is 13.0 Å². The first-order chi connectivity index (χ1) is 12.7. The molecule has 0 unspecified atom stereocenters. The molecule has 0 aliphatic heterocycles. The lowest BCUT2D eigenvalue weighted by Gasteiger charge is -2.10. The van der Waals surface area contributed by atoms with Gasteiger partial charge in [-0.3, -0.25) is 9.78 Å². The number of ether oxygens (including phenoxy) is 1. The summed E-state index contributed by atoms with van der Waals surface area (Å²) in [5, 5.41) is 9.11. The molecular weight excluding hydrogens is 376 g/mol. The Bertz CT molecular complexity index is 932. The first kappa shape index (κ1) is 20.2. The highest BCUT2D eigenvalue weighted by atomic mass is 32.2. The van der Waals surface area contributed by atoms with E-state index in [1.807, 2.05) is 6.92 Å². The van der Waals surface area contributed by atoms with Crippen molar-refractivity contribution in [2.75, 3.05) is 12.4 Å². The number of rotatable bonds is 8. The number of carbonyl (C=O) groups is 2. The second-order valence-corrected chi connectivity index (χ2v) is 7.71. The Hall–Kier alpha value is -3.07. The molecule has 144 valence electrons. The Balaban J connectivity index is 2.06. The first-order valence-corrected chi connectivity index (χ1v) is 9.49. The highest BCUT2D eigenvalue weighted by molar-refractivity contribution is 7.91. The van der Waals surface area contributed by atoms with Gasteiger partial charge in [0.15, 0.2) is 15.6 Å². The highest BCUT2D eigenvalue weighted by Gasteiger charge is 2.17. The molecule has 0 fully saturated rings. The number of carboxylic acids is 1. The smallest absolute Gasteiger partial charge is 0.352 e. The van der Waals surface area contributed by atoms with Crippen LogP contribution in [0.15, 0.2) is 47.4 Å². The second kappa shape index (κ2) is 8.54. The van der Waals surface area contributed by atoms with Crippen LogP contribution in [-0.4, -0.2) is 37.8 Å². The second-order valence-electron chi connectivity index (χ2n) is 5.60. The molecule has 0 bridgehead atoms. The van der Waals surface area contributed by atoms with Gasteiger partial charge >= 0.3 is 11.9 Å². The number of aryl methyl sites for hydroxylation is 1. The standard InChI is InChI=1S/C18H18O8S/c1-12-3-6-15(7-4-12)27(22,23)10-9-24-14-5-8-16(18(20)21)17(11-14)26-25-13(2)19/h3-8,11H,9-10H2,1-2H3,(H,20,21). The van der Waals surface area contributed by atoms with Crippen molar-refractivity contribution in [3.63, 3.8) is 0 Å². The molecule has 0 aliphatic rings. The minimum Gasteiger partial charge on any atom is -0.492 e. The Labute approximate surface area is 156 Å². The fraction of sp³-hybridized carbons (Fsp3) is 0.222. The Morgan fingerprint density at radius 3 is 2.33 bits per heavy atom. The van der Waals surface area contributed by atoms with Gasteiger partial charge < -0.3 is 9.84 Å². The van der Waals surface area contributed by atoms with Gasteiger partial charge in [0.1, 0.15) is 17.9 Å². The van der Waals surface area contributed by atoms with Crippen LogP contribution in [0, 0.1) is 6.92 Å². The summed E-state index contributed by atoms with van der Waals surface area (Å²) in [7, 11) is -3.52. The van der Waals surface area contributed by atoms with E-state index in [9.17, 15) is 18.0 Å². The van der Waals surface area contributed by atoms with Gasteiger partial charge in [-0.2, -0.15) is 0 Å². The van der Waals surface area contributed by atoms with Crippen molar-refractivity contribution in [3.8, 4) is 11.5 Å². The Morgan fingerprint density at radius 1 is 1.07 bits per heavy atom. The van der Waals surface area contributed by atoms with Crippen molar-refractivity contribution in [2.24, 2.45) is 0 Å². The van der Waals surface area contributed by atoms with Crippen LogP contribution in [0.2, 0.25) is 0 Å². The summed E-state index contributed by atoms with van der Waals surface area (Å²) < 4.78 is 29.9. The van der Waals surface area contributed by atoms with E-state index >= 15 is 0 Å². The maximum Gasteiger partial charge on any atom is 0.352 e. The molecular formula is C18H18O8S. The van der Waals surface area contributed by atoms with Crippen LogP contribution >= 0.6 is 0 Å². The van der Waals surface area contributed by atoms with E-state index in [2.05, 4.69) is 4.89 Å². The molecule has 0 radical (unpaired) electrons. The van der Waals surface area contributed by atoms with Crippen LogP contribution in [0.25, 0.3) is 0 Å². The SMILES string of the molecule is CC(=O)OOc1cc(OCCS(=O)(=O)c2ccc(C)cc2)ccc1C(=O)O. The van der Waals surface area contributed by atoms with Crippen molar-refractivity contribution in [1.82, 2.24) is 0 Å². The summed E-state index contributed by atoms with van der Waals surface area (Å²) in [5.74, 6) is -2.39. The summed E-state index contributed by atoms with van der Waals surface area (Å²) >= 11 is 0. The van der Waals surface area contributed by atoms with E-state index in [1.54, 1.807) is 12.1 Å². The van der Waals surface area contributed by atoms with E-state index < -0.39 is 21.8 Å². The molecule has 2 aromatic carbocycles. The summed E-state index contributed by atoms with van der Waals surface area (Å²) in [5.41, 5.74) is 0.708. The van der Waals surface area contributed by atoms with Gasteiger partial charge in [-0.05, 0) is 31.2 Å². The number of hydrogen-bond acceptors (Lipinski definition) is 7. The van der Waals surface area contributed by atoms with Crippen LogP contribution in [0.3, 0.4) is 0 Å². The lowest BCUT2D eigenvalue weighted by Crippen LogP contribution is -2.14. The van der Waals surface area contributed by atoms with Crippen molar-refractivity contribution < 1.29 is 37.6 Å². The number of hydrogen-bond donors (Lipinski definition) is 1. The zero-order chi connectivity index (χ0) is 20.0. The van der Waals surface area contributed by atoms with Crippen LogP contribution in [0.1, 0.15) is 22.8 Å². The lowest BCUT2D eigenvalue weighted by atomic mass is 10.2. The van der Waals surface area contributed by atoms with Gasteiger partial charge in [-0.15, -0.1) is 0 Å². The molecule has 8 nitrogen and oxygen atoms in total.